The van der Waals surface area contributed by atoms with E-state index in [1.807, 2.05) is 19.1 Å². The maximum absolute atomic E-state index is 13.0. The molecule has 1 N–H and O–H groups in total. The lowest BCUT2D eigenvalue weighted by Gasteiger charge is -2.31. The summed E-state index contributed by atoms with van der Waals surface area (Å²) in [6.45, 7) is 1.85. The summed E-state index contributed by atoms with van der Waals surface area (Å²) in [7, 11) is 0. The molecule has 0 aromatic heterocycles. The molecule has 0 radical (unpaired) electrons. The van der Waals surface area contributed by atoms with Gasteiger partial charge in [-0.05, 0) is 64.7 Å². The molecule has 0 saturated heterocycles. The minimum absolute atomic E-state index is 0.197. The lowest BCUT2D eigenvalue weighted by atomic mass is 9.88. The first-order valence-corrected chi connectivity index (χ1v) is 7.45. The Hall–Kier alpha value is -0.770. The molecule has 1 atom stereocenters. The molecule has 1 nitrogen and oxygen atoms in total. The Bertz CT molecular complexity index is 344. The van der Waals surface area contributed by atoms with Crippen LogP contribution in [0.3, 0.4) is 0 Å². The fourth-order valence-electron chi connectivity index (χ4n) is 2.41. The third-order valence-corrected chi connectivity index (χ3v) is 3.91. The van der Waals surface area contributed by atoms with Crippen LogP contribution in [-0.2, 0) is 0 Å². The van der Waals surface area contributed by atoms with Gasteiger partial charge in [-0.2, -0.15) is 13.2 Å². The number of allylic oxidation sites excluding steroid dienone is 4. The third kappa shape index (κ3) is 5.70. The number of alkyl halides is 3. The minimum atomic E-state index is -4.54. The van der Waals surface area contributed by atoms with E-state index in [0.29, 0.717) is 19.3 Å². The Morgan fingerprint density at radius 2 is 1.65 bits per heavy atom. The molecule has 0 saturated carbocycles. The largest absolute Gasteiger partial charge is 0.417 e. The highest BCUT2D eigenvalue weighted by Gasteiger charge is 2.52. The quantitative estimate of drug-likeness (QED) is 0.600. The molecule has 1 aliphatic carbocycles. The SMILES string of the molecule is C/C1=C/CCC/C=C/CCCCC(O)(C(F)(F)F)CC1. The zero-order valence-electron chi connectivity index (χ0n) is 12.2. The summed E-state index contributed by atoms with van der Waals surface area (Å²) in [5.74, 6) is 0. The number of rotatable bonds is 0. The van der Waals surface area contributed by atoms with Crippen LogP contribution in [-0.4, -0.2) is 16.9 Å². The first-order valence-electron chi connectivity index (χ1n) is 7.45. The molecule has 0 aromatic rings. The minimum Gasteiger partial charge on any atom is -0.380 e. The van der Waals surface area contributed by atoms with E-state index in [1.165, 1.54) is 0 Å². The fourth-order valence-corrected chi connectivity index (χ4v) is 2.41. The fraction of sp³-hybridized carbons (Fsp3) is 0.750. The lowest BCUT2D eigenvalue weighted by Crippen LogP contribution is -2.45. The maximum Gasteiger partial charge on any atom is 0.417 e. The van der Waals surface area contributed by atoms with Gasteiger partial charge >= 0.3 is 6.18 Å². The predicted octanol–water partition coefficient (Wildman–Crippen LogP) is 5.31. The van der Waals surface area contributed by atoms with Crippen LogP contribution in [0.1, 0.15) is 64.7 Å². The van der Waals surface area contributed by atoms with E-state index in [0.717, 1.165) is 31.3 Å². The van der Waals surface area contributed by atoms with E-state index in [1.54, 1.807) is 0 Å². The van der Waals surface area contributed by atoms with E-state index >= 15 is 0 Å². The van der Waals surface area contributed by atoms with Gasteiger partial charge in [-0.15, -0.1) is 0 Å². The van der Waals surface area contributed by atoms with Gasteiger partial charge in [0.1, 0.15) is 0 Å². The van der Waals surface area contributed by atoms with Gasteiger partial charge in [0.25, 0.3) is 0 Å². The molecule has 1 unspecified atom stereocenters. The lowest BCUT2D eigenvalue weighted by molar-refractivity contribution is -0.265. The monoisotopic (exact) mass is 290 g/mol. The molecular weight excluding hydrogens is 265 g/mol. The second kappa shape index (κ2) is 7.87. The van der Waals surface area contributed by atoms with Gasteiger partial charge in [-0.1, -0.05) is 23.8 Å². The summed E-state index contributed by atoms with van der Waals surface area (Å²) in [4.78, 5) is 0. The number of halogens is 3. The highest BCUT2D eigenvalue weighted by atomic mass is 19.4. The summed E-state index contributed by atoms with van der Waals surface area (Å²) in [5.41, 5.74) is -1.59. The molecule has 4 heteroatoms. The van der Waals surface area contributed by atoms with Gasteiger partial charge in [0, 0.05) is 0 Å². The van der Waals surface area contributed by atoms with Crippen LogP contribution in [0.2, 0.25) is 0 Å². The van der Waals surface area contributed by atoms with Crippen molar-refractivity contribution in [1.82, 2.24) is 0 Å². The van der Waals surface area contributed by atoms with Gasteiger partial charge in [-0.3, -0.25) is 0 Å². The molecule has 1 rings (SSSR count). The molecule has 0 aromatic carbocycles. The van der Waals surface area contributed by atoms with Crippen LogP contribution in [0.4, 0.5) is 13.2 Å². The molecule has 1 aliphatic rings. The molecular formula is C16H25F3O. The van der Waals surface area contributed by atoms with Crippen molar-refractivity contribution in [3.05, 3.63) is 23.8 Å². The highest BCUT2D eigenvalue weighted by molar-refractivity contribution is 5.01. The van der Waals surface area contributed by atoms with Crippen LogP contribution < -0.4 is 0 Å². The van der Waals surface area contributed by atoms with Crippen LogP contribution in [0, 0.1) is 0 Å². The average molecular weight is 290 g/mol. The molecule has 0 spiro atoms. The van der Waals surface area contributed by atoms with Gasteiger partial charge in [0.05, 0.1) is 0 Å². The average Bonchev–Trinajstić information content (AvgIpc) is 2.36. The Labute approximate surface area is 119 Å². The highest BCUT2D eigenvalue weighted by Crippen LogP contribution is 2.38. The Balaban J connectivity index is 2.73. The van der Waals surface area contributed by atoms with Crippen molar-refractivity contribution >= 4 is 0 Å². The van der Waals surface area contributed by atoms with E-state index in [4.69, 9.17) is 0 Å². The smallest absolute Gasteiger partial charge is 0.380 e. The Morgan fingerprint density at radius 3 is 2.30 bits per heavy atom. The Kier molecular flexibility index (Phi) is 6.80. The first-order chi connectivity index (χ1) is 9.35. The van der Waals surface area contributed by atoms with Crippen LogP contribution in [0.5, 0.6) is 0 Å². The predicted molar refractivity (Wildman–Crippen MR) is 75.5 cm³/mol. The number of hydrogen-bond acceptors (Lipinski definition) is 1. The topological polar surface area (TPSA) is 20.2 Å². The molecule has 0 aliphatic heterocycles. The van der Waals surface area contributed by atoms with Crippen molar-refractivity contribution < 1.29 is 18.3 Å². The summed E-state index contributed by atoms with van der Waals surface area (Å²) >= 11 is 0. The van der Waals surface area contributed by atoms with E-state index in [2.05, 4.69) is 6.08 Å². The van der Waals surface area contributed by atoms with Gasteiger partial charge in [0.15, 0.2) is 5.60 Å². The van der Waals surface area contributed by atoms with Gasteiger partial charge in [-0.25, -0.2) is 0 Å². The van der Waals surface area contributed by atoms with E-state index in [-0.39, 0.29) is 12.8 Å². The molecule has 0 amide bonds. The van der Waals surface area contributed by atoms with Crippen molar-refractivity contribution in [2.75, 3.05) is 0 Å². The first kappa shape index (κ1) is 17.3. The standard InChI is InChI=1S/C16H25F3O/c1-14-10-8-6-4-2-3-5-7-9-12-15(20,13-11-14)16(17,18)19/h2-3,10,20H,4-9,11-13H2,1H3/b3-2+,14-10-. The van der Waals surface area contributed by atoms with Crippen molar-refractivity contribution in [3.8, 4) is 0 Å². The van der Waals surface area contributed by atoms with Crippen molar-refractivity contribution in [3.63, 3.8) is 0 Å². The second-order valence-electron chi connectivity index (χ2n) is 5.73. The van der Waals surface area contributed by atoms with Crippen LogP contribution in [0.15, 0.2) is 23.8 Å². The zero-order valence-corrected chi connectivity index (χ0v) is 12.2. The maximum atomic E-state index is 13.0. The van der Waals surface area contributed by atoms with Gasteiger partial charge < -0.3 is 5.11 Å². The van der Waals surface area contributed by atoms with E-state index in [9.17, 15) is 18.3 Å². The van der Waals surface area contributed by atoms with Crippen molar-refractivity contribution in [1.29, 1.82) is 0 Å². The van der Waals surface area contributed by atoms with E-state index < -0.39 is 11.8 Å². The van der Waals surface area contributed by atoms with Crippen molar-refractivity contribution in [2.24, 2.45) is 0 Å². The molecule has 20 heavy (non-hydrogen) atoms. The van der Waals surface area contributed by atoms with Crippen molar-refractivity contribution in [2.45, 2.75) is 76.5 Å². The summed E-state index contributed by atoms with van der Waals surface area (Å²) < 4.78 is 39.1. The van der Waals surface area contributed by atoms with Crippen LogP contribution in [0.25, 0.3) is 0 Å². The number of aliphatic hydroxyl groups is 1. The summed E-state index contributed by atoms with van der Waals surface area (Å²) in [6.07, 6.45) is 6.32. The summed E-state index contributed by atoms with van der Waals surface area (Å²) in [6, 6.07) is 0. The molecule has 116 valence electrons. The Morgan fingerprint density at radius 1 is 1.00 bits per heavy atom. The molecule has 0 heterocycles. The normalized spacial score (nSPS) is 31.9. The third-order valence-electron chi connectivity index (χ3n) is 3.91. The second-order valence-corrected chi connectivity index (χ2v) is 5.73. The van der Waals surface area contributed by atoms with Gasteiger partial charge in [0.2, 0.25) is 0 Å². The molecule has 0 fully saturated rings. The molecule has 0 bridgehead atoms. The summed E-state index contributed by atoms with van der Waals surface area (Å²) in [5, 5.41) is 9.97. The number of hydrogen-bond donors (Lipinski definition) is 1. The zero-order chi connectivity index (χ0) is 15.1. The van der Waals surface area contributed by atoms with Crippen LogP contribution >= 0.6 is 0 Å².